The van der Waals surface area contributed by atoms with Crippen LogP contribution in [0, 0.1) is 55.4 Å². The van der Waals surface area contributed by atoms with E-state index in [0.717, 1.165) is 22.3 Å². The van der Waals surface area contributed by atoms with Gasteiger partial charge in [0, 0.05) is 35.5 Å². The van der Waals surface area contributed by atoms with Gasteiger partial charge < -0.3 is 9.47 Å². The molecule has 0 aromatic heterocycles. The normalized spacial score (nSPS) is 22.2. The zero-order chi connectivity index (χ0) is 41.5. The fourth-order valence-electron chi connectivity index (χ4n) is 13.6. The fourth-order valence-corrected chi connectivity index (χ4v) is 13.6. The van der Waals surface area contributed by atoms with E-state index in [1.807, 2.05) is 0 Å². The maximum absolute atomic E-state index is 14.3. The smallest absolute Gasteiger partial charge is 0.335 e. The van der Waals surface area contributed by atoms with Crippen molar-refractivity contribution in [3.8, 4) is 0 Å². The summed E-state index contributed by atoms with van der Waals surface area (Å²) in [6.45, 7) is 18.1. The lowest BCUT2D eigenvalue weighted by atomic mass is 9.53. The number of carbonyl (C=O) groups excluding carboxylic acids is 2. The third kappa shape index (κ3) is 4.08. The van der Waals surface area contributed by atoms with Gasteiger partial charge in [0.25, 0.3) is 0 Å². The van der Waals surface area contributed by atoms with E-state index >= 15 is 0 Å². The molecule has 0 amide bonds. The van der Waals surface area contributed by atoms with Crippen LogP contribution in [-0.4, -0.2) is 26.2 Å². The molecule has 0 saturated carbocycles. The van der Waals surface area contributed by atoms with Gasteiger partial charge in [-0.1, -0.05) is 72.8 Å². The van der Waals surface area contributed by atoms with Gasteiger partial charge in [-0.15, -0.1) is 0 Å². The molecule has 0 atom stereocenters. The second-order valence-corrected chi connectivity index (χ2v) is 18.7. The zero-order valence-corrected chi connectivity index (χ0v) is 36.0. The number of carbonyl (C=O) groups is 2. The van der Waals surface area contributed by atoms with E-state index in [2.05, 4.69) is 128 Å². The Balaban J connectivity index is 1.17. The molecule has 0 unspecified atom stereocenters. The van der Waals surface area contributed by atoms with Gasteiger partial charge in [0.05, 0.1) is 25.4 Å². The molecule has 4 heteroatoms. The molecular weight excluding hydrogens is 737 g/mol. The molecule has 0 heterocycles. The number of aryl methyl sites for hydroxylation is 8. The molecule has 9 aliphatic carbocycles. The first-order valence-corrected chi connectivity index (χ1v) is 21.5. The van der Waals surface area contributed by atoms with Crippen LogP contribution < -0.4 is 0 Å². The molecule has 0 aliphatic heterocycles. The van der Waals surface area contributed by atoms with E-state index < -0.39 is 23.8 Å². The molecule has 296 valence electrons. The minimum absolute atomic E-state index is 0.0651. The molecule has 0 spiro atoms. The van der Waals surface area contributed by atoms with Crippen molar-refractivity contribution in [3.63, 3.8) is 0 Å². The average Bonchev–Trinajstić information content (AvgIpc) is 3.25. The minimum Gasteiger partial charge on any atom is -0.466 e. The Kier molecular flexibility index (Phi) is 7.09. The quantitative estimate of drug-likeness (QED) is 0.164. The molecule has 0 radical (unpaired) electrons. The van der Waals surface area contributed by atoms with Crippen LogP contribution in [0.4, 0.5) is 0 Å². The summed E-state index contributed by atoms with van der Waals surface area (Å²) in [5.41, 5.74) is 32.4. The van der Waals surface area contributed by atoms with E-state index in [1.54, 1.807) is 0 Å². The first kappa shape index (κ1) is 35.9. The van der Waals surface area contributed by atoms with Crippen molar-refractivity contribution in [2.24, 2.45) is 0 Å². The largest absolute Gasteiger partial charge is 0.466 e. The van der Waals surface area contributed by atoms with E-state index in [0.29, 0.717) is 11.1 Å². The maximum atomic E-state index is 14.3. The fraction of sp³-hybridized carbons (Fsp3) is 0.286. The van der Waals surface area contributed by atoms with Crippen LogP contribution in [0.3, 0.4) is 0 Å². The molecule has 6 aromatic rings. The number of benzene rings is 6. The van der Waals surface area contributed by atoms with E-state index in [-0.39, 0.29) is 23.7 Å². The van der Waals surface area contributed by atoms with Gasteiger partial charge in [-0.3, -0.25) is 0 Å². The summed E-state index contributed by atoms with van der Waals surface area (Å²) in [5.74, 6) is -1.67. The lowest BCUT2D eigenvalue weighted by molar-refractivity contribution is -0.140. The Hall–Kier alpha value is -6.00. The summed E-state index contributed by atoms with van der Waals surface area (Å²) in [6, 6.07) is 28.1. The van der Waals surface area contributed by atoms with Crippen LogP contribution in [0.5, 0.6) is 0 Å². The first-order chi connectivity index (χ1) is 28.9. The molecule has 0 fully saturated rings. The molecule has 60 heavy (non-hydrogen) atoms. The van der Waals surface area contributed by atoms with Crippen LogP contribution in [0.2, 0.25) is 0 Å². The van der Waals surface area contributed by atoms with Crippen molar-refractivity contribution in [1.29, 1.82) is 0 Å². The van der Waals surface area contributed by atoms with Crippen molar-refractivity contribution < 1.29 is 19.1 Å². The van der Waals surface area contributed by atoms with Crippen LogP contribution in [0.15, 0.2) is 83.9 Å². The second-order valence-electron chi connectivity index (χ2n) is 18.7. The lowest BCUT2D eigenvalue weighted by Gasteiger charge is -2.49. The molecule has 0 saturated heterocycles. The summed E-state index contributed by atoms with van der Waals surface area (Å²) in [6.07, 6.45) is 0. The van der Waals surface area contributed by atoms with Crippen molar-refractivity contribution >= 4 is 11.9 Å². The molecule has 6 bridgehead atoms. The standard InChI is InChI=1S/C56H48O4/c1-23-11-12-24(2)40-39(23)49-35-19-31-32(20-36(35)50(40)42-26(4)14-13-25(3)41(42)49)48-34-22-38-37(21-33(34)47(31)53(55(57)59-9)54(48)56(58)60-10)51-43-27(5)15-17-29(7)45(43)52(38)46-30(8)18-16-28(6)44(46)51/h11-22,47-52H,1-10H3. The molecule has 0 N–H and O–H groups in total. The number of hydrogen-bond donors (Lipinski definition) is 0. The number of esters is 2. The average molecular weight is 785 g/mol. The van der Waals surface area contributed by atoms with Gasteiger partial charge in [-0.05, 0) is 189 Å². The Morgan fingerprint density at radius 3 is 0.650 bits per heavy atom. The number of methoxy groups -OCH3 is 2. The van der Waals surface area contributed by atoms with Crippen molar-refractivity contribution in [2.45, 2.75) is 90.9 Å². The molecule has 6 aromatic carbocycles. The van der Waals surface area contributed by atoms with Crippen LogP contribution in [0.25, 0.3) is 0 Å². The molecule has 4 nitrogen and oxygen atoms in total. The van der Waals surface area contributed by atoms with Gasteiger partial charge in [0.2, 0.25) is 0 Å². The summed E-state index contributed by atoms with van der Waals surface area (Å²) in [5, 5.41) is 0. The van der Waals surface area contributed by atoms with Gasteiger partial charge in [-0.2, -0.15) is 0 Å². The third-order valence-electron chi connectivity index (χ3n) is 15.9. The molecular formula is C56H48O4. The molecule has 15 rings (SSSR count). The van der Waals surface area contributed by atoms with Crippen molar-refractivity contribution in [1.82, 2.24) is 0 Å². The Morgan fingerprint density at radius 2 is 0.483 bits per heavy atom. The topological polar surface area (TPSA) is 52.6 Å². The Morgan fingerprint density at radius 1 is 0.317 bits per heavy atom. The van der Waals surface area contributed by atoms with Crippen molar-refractivity contribution in [3.05, 3.63) is 217 Å². The predicted octanol–water partition coefficient (Wildman–Crippen LogP) is 11.4. The Labute approximate surface area is 352 Å². The van der Waals surface area contributed by atoms with Crippen LogP contribution in [0.1, 0.15) is 169 Å². The van der Waals surface area contributed by atoms with E-state index in [1.165, 1.54) is 125 Å². The Bertz CT molecular complexity index is 2610. The van der Waals surface area contributed by atoms with Gasteiger partial charge in [0.1, 0.15) is 0 Å². The zero-order valence-electron chi connectivity index (χ0n) is 36.0. The third-order valence-corrected chi connectivity index (χ3v) is 15.9. The van der Waals surface area contributed by atoms with E-state index in [9.17, 15) is 9.59 Å². The molecule has 9 aliphatic rings. The summed E-state index contributed by atoms with van der Waals surface area (Å²) in [4.78, 5) is 28.7. The summed E-state index contributed by atoms with van der Waals surface area (Å²) >= 11 is 0. The van der Waals surface area contributed by atoms with Crippen LogP contribution in [-0.2, 0) is 19.1 Å². The predicted molar refractivity (Wildman–Crippen MR) is 235 cm³/mol. The maximum Gasteiger partial charge on any atom is 0.335 e. The number of hydrogen-bond acceptors (Lipinski definition) is 4. The summed E-state index contributed by atoms with van der Waals surface area (Å²) < 4.78 is 11.2. The van der Waals surface area contributed by atoms with Gasteiger partial charge in [0.15, 0.2) is 0 Å². The second kappa shape index (κ2) is 11.8. The van der Waals surface area contributed by atoms with Crippen molar-refractivity contribution in [2.75, 3.05) is 14.2 Å². The number of rotatable bonds is 2. The van der Waals surface area contributed by atoms with Gasteiger partial charge in [-0.25, -0.2) is 9.59 Å². The highest BCUT2D eigenvalue weighted by Crippen LogP contribution is 2.66. The first-order valence-electron chi connectivity index (χ1n) is 21.5. The van der Waals surface area contributed by atoms with E-state index in [4.69, 9.17) is 9.47 Å². The number of ether oxygens (including phenoxy) is 2. The lowest BCUT2D eigenvalue weighted by Crippen LogP contribution is -2.38. The minimum atomic E-state index is -0.495. The monoisotopic (exact) mass is 784 g/mol. The highest BCUT2D eigenvalue weighted by Gasteiger charge is 2.53. The SMILES string of the molecule is COC(=O)C1=C(C(=O)OC)C2c3cc4c(cc3C1c1cc3c(cc12)C1c2c(C)ccc(C)c2C3c2c(C)ccc(C)c21)C1c2c(C)ccc(C)c2C4c2c(C)ccc(C)c21. The highest BCUT2D eigenvalue weighted by molar-refractivity contribution is 6.06. The van der Waals surface area contributed by atoms with Gasteiger partial charge >= 0.3 is 11.9 Å². The highest BCUT2D eigenvalue weighted by atomic mass is 16.5. The van der Waals surface area contributed by atoms with Crippen LogP contribution >= 0.6 is 0 Å². The summed E-state index contributed by atoms with van der Waals surface area (Å²) in [7, 11) is 2.86.